The molecule has 0 aliphatic heterocycles. The average Bonchev–Trinajstić information content (AvgIpc) is 2.28. The first-order chi connectivity index (χ1) is 7.76. The summed E-state index contributed by atoms with van der Waals surface area (Å²) in [5, 5.41) is 3.31. The number of hydrogen-bond donors (Lipinski definition) is 1. The second-order valence-corrected chi connectivity index (χ2v) is 4.60. The van der Waals surface area contributed by atoms with Gasteiger partial charge in [-0.15, -0.1) is 0 Å². The van der Waals surface area contributed by atoms with E-state index >= 15 is 0 Å². The maximum Gasteiger partial charge on any atom is 0.0480 e. The molecule has 1 atom stereocenters. The summed E-state index contributed by atoms with van der Waals surface area (Å²) in [5.74, 6) is 0. The van der Waals surface area contributed by atoms with Crippen molar-refractivity contribution in [1.82, 2.24) is 10.3 Å². The molecule has 0 bridgehead atoms. The number of hydrogen-bond acceptors (Lipinski definition) is 3. The molecule has 1 aromatic heterocycles. The molecular formula is C12H19BrN2O. The number of ether oxygens (including phenoxy) is 1. The predicted octanol–water partition coefficient (Wildman–Crippen LogP) is 2.40. The summed E-state index contributed by atoms with van der Waals surface area (Å²) in [5.41, 5.74) is 1.24. The van der Waals surface area contributed by atoms with E-state index in [4.69, 9.17) is 4.74 Å². The third-order valence-corrected chi connectivity index (χ3v) is 2.90. The molecule has 16 heavy (non-hydrogen) atoms. The molecule has 0 amide bonds. The normalized spacial score (nSPS) is 12.7. The van der Waals surface area contributed by atoms with Crippen LogP contribution in [0.3, 0.4) is 0 Å². The third kappa shape index (κ3) is 5.05. The Labute approximate surface area is 106 Å². The van der Waals surface area contributed by atoms with Gasteiger partial charge in [0.05, 0.1) is 0 Å². The van der Waals surface area contributed by atoms with Gasteiger partial charge in [-0.3, -0.25) is 4.98 Å². The van der Waals surface area contributed by atoms with Crippen LogP contribution < -0.4 is 5.32 Å². The van der Waals surface area contributed by atoms with Crippen LogP contribution in [0.5, 0.6) is 0 Å². The van der Waals surface area contributed by atoms with Crippen LogP contribution >= 0.6 is 15.9 Å². The second-order valence-electron chi connectivity index (χ2n) is 3.69. The Morgan fingerprint density at radius 2 is 2.31 bits per heavy atom. The zero-order chi connectivity index (χ0) is 11.8. The lowest BCUT2D eigenvalue weighted by molar-refractivity contribution is 0.137. The molecule has 0 fully saturated rings. The Balaban J connectivity index is 2.43. The number of likely N-dealkylation sites (N-methyl/N-ethyl adjacent to an activating group) is 1. The molecule has 0 spiro atoms. The monoisotopic (exact) mass is 286 g/mol. The van der Waals surface area contributed by atoms with Gasteiger partial charge in [-0.05, 0) is 54.4 Å². The van der Waals surface area contributed by atoms with Gasteiger partial charge in [0, 0.05) is 36.1 Å². The predicted molar refractivity (Wildman–Crippen MR) is 69.6 cm³/mol. The fraction of sp³-hybridized carbons (Fsp3) is 0.583. The third-order valence-electron chi connectivity index (χ3n) is 2.47. The largest absolute Gasteiger partial charge is 0.382 e. The first kappa shape index (κ1) is 13.6. The minimum absolute atomic E-state index is 0.447. The maximum atomic E-state index is 5.36. The fourth-order valence-electron chi connectivity index (χ4n) is 1.57. The van der Waals surface area contributed by atoms with Gasteiger partial charge < -0.3 is 10.1 Å². The van der Waals surface area contributed by atoms with Gasteiger partial charge >= 0.3 is 0 Å². The zero-order valence-corrected chi connectivity index (χ0v) is 11.5. The summed E-state index contributed by atoms with van der Waals surface area (Å²) in [6, 6.07) is 2.56. The van der Waals surface area contributed by atoms with Crippen molar-refractivity contribution in [3.8, 4) is 0 Å². The van der Waals surface area contributed by atoms with Crippen molar-refractivity contribution in [2.24, 2.45) is 0 Å². The van der Waals surface area contributed by atoms with Crippen LogP contribution in [0, 0.1) is 0 Å². The van der Waals surface area contributed by atoms with Crippen molar-refractivity contribution in [3.63, 3.8) is 0 Å². The van der Waals surface area contributed by atoms with Crippen LogP contribution in [0.4, 0.5) is 0 Å². The van der Waals surface area contributed by atoms with Gasteiger partial charge in [-0.1, -0.05) is 0 Å². The van der Waals surface area contributed by atoms with Crippen molar-refractivity contribution in [3.05, 3.63) is 28.5 Å². The van der Waals surface area contributed by atoms with Crippen molar-refractivity contribution in [1.29, 1.82) is 0 Å². The van der Waals surface area contributed by atoms with Crippen molar-refractivity contribution >= 4 is 15.9 Å². The van der Waals surface area contributed by atoms with Crippen LogP contribution in [-0.2, 0) is 11.2 Å². The molecule has 1 aromatic rings. The Hall–Kier alpha value is -0.450. The summed E-state index contributed by atoms with van der Waals surface area (Å²) < 4.78 is 6.39. The highest BCUT2D eigenvalue weighted by Gasteiger charge is 2.07. The van der Waals surface area contributed by atoms with E-state index in [1.807, 2.05) is 20.2 Å². The second kappa shape index (κ2) is 7.76. The highest BCUT2D eigenvalue weighted by atomic mass is 79.9. The van der Waals surface area contributed by atoms with Gasteiger partial charge in [0.25, 0.3) is 0 Å². The summed E-state index contributed by atoms with van der Waals surface area (Å²) in [4.78, 5) is 4.16. The van der Waals surface area contributed by atoms with Crippen molar-refractivity contribution in [2.75, 3.05) is 20.3 Å². The van der Waals surface area contributed by atoms with Gasteiger partial charge in [-0.2, -0.15) is 0 Å². The van der Waals surface area contributed by atoms with Gasteiger partial charge in [0.1, 0.15) is 0 Å². The lowest BCUT2D eigenvalue weighted by atomic mass is 10.1. The molecule has 1 unspecified atom stereocenters. The maximum absolute atomic E-state index is 5.36. The van der Waals surface area contributed by atoms with E-state index < -0.39 is 0 Å². The molecule has 1 rings (SSSR count). The van der Waals surface area contributed by atoms with E-state index in [2.05, 4.69) is 32.3 Å². The molecule has 90 valence electrons. The summed E-state index contributed by atoms with van der Waals surface area (Å²) in [7, 11) is 1.99. The first-order valence-electron chi connectivity index (χ1n) is 5.60. The van der Waals surface area contributed by atoms with Crippen LogP contribution in [0.25, 0.3) is 0 Å². The van der Waals surface area contributed by atoms with Crippen LogP contribution in [-0.4, -0.2) is 31.3 Å². The number of rotatable bonds is 7. The minimum atomic E-state index is 0.447. The number of nitrogens with one attached hydrogen (secondary N) is 1. The fourth-order valence-corrected chi connectivity index (χ4v) is 1.98. The molecule has 1 heterocycles. The highest BCUT2D eigenvalue weighted by molar-refractivity contribution is 9.10. The molecule has 0 radical (unpaired) electrons. The molecule has 4 heteroatoms. The molecule has 0 saturated carbocycles. The zero-order valence-electron chi connectivity index (χ0n) is 9.87. The van der Waals surface area contributed by atoms with E-state index in [0.29, 0.717) is 6.04 Å². The number of nitrogens with zero attached hydrogens (tertiary/aromatic N) is 1. The summed E-state index contributed by atoms with van der Waals surface area (Å²) in [6.07, 6.45) is 5.72. The van der Waals surface area contributed by atoms with Crippen LogP contribution in [0.2, 0.25) is 0 Å². The quantitative estimate of drug-likeness (QED) is 0.782. The van der Waals surface area contributed by atoms with E-state index in [9.17, 15) is 0 Å². The van der Waals surface area contributed by atoms with Crippen LogP contribution in [0.15, 0.2) is 22.9 Å². The molecule has 0 aliphatic rings. The number of halogens is 1. The Bertz CT molecular complexity index is 307. The van der Waals surface area contributed by atoms with E-state index in [1.54, 1.807) is 6.20 Å². The summed E-state index contributed by atoms with van der Waals surface area (Å²) >= 11 is 3.43. The van der Waals surface area contributed by atoms with Gasteiger partial charge in [-0.25, -0.2) is 0 Å². The molecule has 0 aromatic carbocycles. The Morgan fingerprint density at radius 1 is 1.50 bits per heavy atom. The van der Waals surface area contributed by atoms with E-state index in [-0.39, 0.29) is 0 Å². The molecule has 3 nitrogen and oxygen atoms in total. The van der Waals surface area contributed by atoms with Crippen molar-refractivity contribution < 1.29 is 4.74 Å². The SMILES string of the molecule is CCOCCC(Cc1cncc(Br)c1)NC. The standard InChI is InChI=1S/C12H19BrN2O/c1-3-16-5-4-12(14-2)7-10-6-11(13)9-15-8-10/h6,8-9,12,14H,3-5,7H2,1-2H3. The van der Waals surface area contributed by atoms with Crippen molar-refractivity contribution in [2.45, 2.75) is 25.8 Å². The van der Waals surface area contributed by atoms with Crippen LogP contribution in [0.1, 0.15) is 18.9 Å². The molecule has 1 N–H and O–H groups in total. The lowest BCUT2D eigenvalue weighted by Gasteiger charge is -2.15. The number of pyridine rings is 1. The Kier molecular flexibility index (Phi) is 6.61. The molecular weight excluding hydrogens is 268 g/mol. The average molecular weight is 287 g/mol. The van der Waals surface area contributed by atoms with Gasteiger partial charge in [0.15, 0.2) is 0 Å². The van der Waals surface area contributed by atoms with E-state index in [1.165, 1.54) is 5.56 Å². The topological polar surface area (TPSA) is 34.1 Å². The molecule has 0 aliphatic carbocycles. The highest BCUT2D eigenvalue weighted by Crippen LogP contribution is 2.12. The first-order valence-corrected chi connectivity index (χ1v) is 6.40. The smallest absolute Gasteiger partial charge is 0.0480 e. The lowest BCUT2D eigenvalue weighted by Crippen LogP contribution is -2.29. The Morgan fingerprint density at radius 3 is 2.94 bits per heavy atom. The van der Waals surface area contributed by atoms with E-state index in [0.717, 1.165) is 30.5 Å². The van der Waals surface area contributed by atoms with Gasteiger partial charge in [0.2, 0.25) is 0 Å². The minimum Gasteiger partial charge on any atom is -0.382 e. The number of aromatic nitrogens is 1. The molecule has 0 saturated heterocycles. The summed E-state index contributed by atoms with van der Waals surface area (Å²) in [6.45, 7) is 3.62.